The minimum atomic E-state index is -0.736. The summed E-state index contributed by atoms with van der Waals surface area (Å²) in [6, 6.07) is 16.4. The first-order chi connectivity index (χ1) is 15.0. The van der Waals surface area contributed by atoms with E-state index < -0.39 is 5.54 Å². The van der Waals surface area contributed by atoms with Crippen LogP contribution in [0.25, 0.3) is 0 Å². The van der Waals surface area contributed by atoms with Crippen LogP contribution in [0.3, 0.4) is 0 Å². The van der Waals surface area contributed by atoms with Gasteiger partial charge in [-0.2, -0.15) is 5.26 Å². The molecule has 0 heterocycles. The van der Waals surface area contributed by atoms with E-state index in [1.165, 1.54) is 0 Å². The van der Waals surface area contributed by atoms with Gasteiger partial charge in [0.1, 0.15) is 11.3 Å². The Hall–Kier alpha value is -3.53. The number of nitriles is 1. The molecule has 0 aromatic heterocycles. The molecule has 0 atom stereocenters. The Bertz CT molecular complexity index is 927. The molecule has 2 amide bonds. The highest BCUT2D eigenvalue weighted by Gasteiger charge is 2.33. The summed E-state index contributed by atoms with van der Waals surface area (Å²) >= 11 is 0. The molecule has 0 saturated heterocycles. The second kappa shape index (κ2) is 10.5. The molecule has 0 unspecified atom stereocenters. The van der Waals surface area contributed by atoms with Crippen LogP contribution in [-0.2, 0) is 4.79 Å². The van der Waals surface area contributed by atoms with Crippen molar-refractivity contribution >= 4 is 23.2 Å². The molecular weight excluding hydrogens is 392 g/mol. The monoisotopic (exact) mass is 420 g/mol. The Morgan fingerprint density at radius 2 is 1.65 bits per heavy atom. The van der Waals surface area contributed by atoms with Crippen LogP contribution in [0.5, 0.6) is 5.75 Å². The lowest BCUT2D eigenvalue weighted by atomic mass is 9.83. The molecule has 2 aromatic rings. The van der Waals surface area contributed by atoms with E-state index in [4.69, 9.17) is 4.74 Å². The van der Waals surface area contributed by atoms with Gasteiger partial charge in [-0.25, -0.2) is 0 Å². The second-order valence-electron chi connectivity index (χ2n) is 7.65. The fourth-order valence-corrected chi connectivity index (χ4v) is 3.66. The van der Waals surface area contributed by atoms with Gasteiger partial charge < -0.3 is 20.7 Å². The van der Waals surface area contributed by atoms with Gasteiger partial charge in [-0.15, -0.1) is 0 Å². The fraction of sp³-hybridized carbons (Fsp3) is 0.375. The van der Waals surface area contributed by atoms with Crippen molar-refractivity contribution in [2.75, 3.05) is 23.8 Å². The number of carbonyl (C=O) groups excluding carboxylic acids is 2. The van der Waals surface area contributed by atoms with E-state index >= 15 is 0 Å². The maximum absolute atomic E-state index is 12.4. The highest BCUT2D eigenvalue weighted by atomic mass is 16.5. The van der Waals surface area contributed by atoms with E-state index in [0.717, 1.165) is 30.7 Å². The summed E-state index contributed by atoms with van der Waals surface area (Å²) in [5.74, 6) is 0.326. The zero-order valence-electron chi connectivity index (χ0n) is 17.7. The SMILES string of the molecule is CCOc1ccc(NC(=O)c2ccc(NCC(=O)NC3(C#N)CCCCC3)cc2)cc1. The van der Waals surface area contributed by atoms with Crippen LogP contribution in [0.2, 0.25) is 0 Å². The molecule has 1 aliphatic carbocycles. The van der Waals surface area contributed by atoms with Crippen LogP contribution in [0.15, 0.2) is 48.5 Å². The number of nitrogens with one attached hydrogen (secondary N) is 3. The third-order valence-electron chi connectivity index (χ3n) is 5.32. The first-order valence-corrected chi connectivity index (χ1v) is 10.6. The molecule has 0 radical (unpaired) electrons. The van der Waals surface area contributed by atoms with Crippen molar-refractivity contribution in [3.63, 3.8) is 0 Å². The predicted octanol–water partition coefficient (Wildman–Crippen LogP) is 4.09. The van der Waals surface area contributed by atoms with E-state index in [9.17, 15) is 14.9 Å². The number of amides is 2. The van der Waals surface area contributed by atoms with Crippen molar-refractivity contribution in [1.82, 2.24) is 5.32 Å². The normalized spacial score (nSPS) is 14.7. The molecule has 1 fully saturated rings. The molecule has 0 bridgehead atoms. The fourth-order valence-electron chi connectivity index (χ4n) is 3.66. The molecule has 1 saturated carbocycles. The van der Waals surface area contributed by atoms with Crippen molar-refractivity contribution in [2.45, 2.75) is 44.6 Å². The third-order valence-corrected chi connectivity index (χ3v) is 5.32. The molecule has 1 aliphatic rings. The lowest BCUT2D eigenvalue weighted by molar-refractivity contribution is -0.121. The summed E-state index contributed by atoms with van der Waals surface area (Å²) in [6.07, 6.45) is 4.43. The molecule has 3 rings (SSSR count). The molecule has 0 aliphatic heterocycles. The van der Waals surface area contributed by atoms with Gasteiger partial charge in [-0.05, 0) is 68.3 Å². The molecule has 2 aromatic carbocycles. The minimum absolute atomic E-state index is 0.0706. The van der Waals surface area contributed by atoms with Gasteiger partial charge in [0.05, 0.1) is 19.2 Å². The van der Waals surface area contributed by atoms with E-state index in [1.54, 1.807) is 48.5 Å². The standard InChI is InChI=1S/C24H28N4O3/c1-2-31-21-12-10-20(11-13-21)27-23(30)18-6-8-19(9-7-18)26-16-22(29)28-24(17-25)14-4-3-5-15-24/h6-13,26H,2-5,14-16H2,1H3,(H,27,30)(H,28,29). The number of hydrogen-bond donors (Lipinski definition) is 3. The Labute approximate surface area is 182 Å². The van der Waals surface area contributed by atoms with Gasteiger partial charge in [0, 0.05) is 16.9 Å². The minimum Gasteiger partial charge on any atom is -0.494 e. The van der Waals surface area contributed by atoms with Crippen LogP contribution < -0.4 is 20.7 Å². The maximum atomic E-state index is 12.4. The molecule has 31 heavy (non-hydrogen) atoms. The van der Waals surface area contributed by atoms with Gasteiger partial charge in [-0.3, -0.25) is 9.59 Å². The number of rotatable bonds is 8. The Balaban J connectivity index is 1.49. The van der Waals surface area contributed by atoms with Crippen LogP contribution in [0.4, 0.5) is 11.4 Å². The van der Waals surface area contributed by atoms with E-state index in [2.05, 4.69) is 22.0 Å². The van der Waals surface area contributed by atoms with Gasteiger partial charge in [0.25, 0.3) is 5.91 Å². The Kier molecular flexibility index (Phi) is 7.50. The first-order valence-electron chi connectivity index (χ1n) is 10.6. The van der Waals surface area contributed by atoms with E-state index in [0.29, 0.717) is 30.7 Å². The highest BCUT2D eigenvalue weighted by molar-refractivity contribution is 6.04. The lowest BCUT2D eigenvalue weighted by Crippen LogP contribution is -2.50. The summed E-state index contributed by atoms with van der Waals surface area (Å²) in [7, 11) is 0. The molecule has 0 spiro atoms. The van der Waals surface area contributed by atoms with Crippen molar-refractivity contribution in [3.8, 4) is 11.8 Å². The van der Waals surface area contributed by atoms with Gasteiger partial charge >= 0.3 is 0 Å². The second-order valence-corrected chi connectivity index (χ2v) is 7.65. The van der Waals surface area contributed by atoms with Crippen LogP contribution in [-0.4, -0.2) is 30.5 Å². The highest BCUT2D eigenvalue weighted by Crippen LogP contribution is 2.27. The number of anilines is 2. The van der Waals surface area contributed by atoms with Crippen LogP contribution in [0.1, 0.15) is 49.4 Å². The Morgan fingerprint density at radius 1 is 1.00 bits per heavy atom. The smallest absolute Gasteiger partial charge is 0.255 e. The summed E-state index contributed by atoms with van der Waals surface area (Å²) < 4.78 is 5.39. The summed E-state index contributed by atoms with van der Waals surface area (Å²) in [6.45, 7) is 2.58. The molecule has 162 valence electrons. The zero-order valence-corrected chi connectivity index (χ0v) is 17.7. The van der Waals surface area contributed by atoms with Crippen LogP contribution in [0, 0.1) is 11.3 Å². The number of hydrogen-bond acceptors (Lipinski definition) is 5. The first kappa shape index (κ1) is 22.2. The van der Waals surface area contributed by atoms with Crippen LogP contribution >= 0.6 is 0 Å². The lowest BCUT2D eigenvalue weighted by Gasteiger charge is -2.31. The van der Waals surface area contributed by atoms with Crippen molar-refractivity contribution in [3.05, 3.63) is 54.1 Å². The third kappa shape index (κ3) is 6.22. The molecule has 3 N–H and O–H groups in total. The maximum Gasteiger partial charge on any atom is 0.255 e. The van der Waals surface area contributed by atoms with Crippen molar-refractivity contribution < 1.29 is 14.3 Å². The number of nitrogens with zero attached hydrogens (tertiary/aromatic N) is 1. The average Bonchev–Trinajstić information content (AvgIpc) is 2.80. The van der Waals surface area contributed by atoms with Crippen molar-refractivity contribution in [2.24, 2.45) is 0 Å². The number of ether oxygens (including phenoxy) is 1. The molecule has 7 heteroatoms. The molecule has 7 nitrogen and oxygen atoms in total. The zero-order chi connectivity index (χ0) is 22.1. The largest absolute Gasteiger partial charge is 0.494 e. The number of benzene rings is 2. The summed E-state index contributed by atoms with van der Waals surface area (Å²) in [5.41, 5.74) is 1.18. The number of carbonyl (C=O) groups is 2. The van der Waals surface area contributed by atoms with Gasteiger partial charge in [0.15, 0.2) is 0 Å². The van der Waals surface area contributed by atoms with E-state index in [1.807, 2.05) is 6.92 Å². The predicted molar refractivity (Wildman–Crippen MR) is 120 cm³/mol. The quantitative estimate of drug-likeness (QED) is 0.597. The van der Waals surface area contributed by atoms with Gasteiger partial charge in [-0.1, -0.05) is 19.3 Å². The van der Waals surface area contributed by atoms with Crippen molar-refractivity contribution in [1.29, 1.82) is 5.26 Å². The topological polar surface area (TPSA) is 103 Å². The van der Waals surface area contributed by atoms with E-state index in [-0.39, 0.29) is 18.4 Å². The Morgan fingerprint density at radius 3 is 2.26 bits per heavy atom. The summed E-state index contributed by atoms with van der Waals surface area (Å²) in [4.78, 5) is 24.7. The van der Waals surface area contributed by atoms with Gasteiger partial charge in [0.2, 0.25) is 5.91 Å². The summed E-state index contributed by atoms with van der Waals surface area (Å²) in [5, 5.41) is 18.2. The molecular formula is C24H28N4O3. The average molecular weight is 421 g/mol.